The second-order valence-electron chi connectivity index (χ2n) is 5.39. The fourth-order valence-electron chi connectivity index (χ4n) is 2.59. The molecule has 3 nitrogen and oxygen atoms in total. The third-order valence-electron chi connectivity index (χ3n) is 3.82. The van der Waals surface area contributed by atoms with Gasteiger partial charge in [0.25, 0.3) is 0 Å². The summed E-state index contributed by atoms with van der Waals surface area (Å²) >= 11 is 0. The Morgan fingerprint density at radius 2 is 1.58 bits per heavy atom. The lowest BCUT2D eigenvalue weighted by Gasteiger charge is -2.24. The van der Waals surface area contributed by atoms with Gasteiger partial charge in [0.1, 0.15) is 0 Å². The molecule has 0 bridgehead atoms. The predicted molar refractivity (Wildman–Crippen MR) is 78.8 cm³/mol. The van der Waals surface area contributed by atoms with E-state index in [2.05, 4.69) is 4.90 Å². The summed E-state index contributed by atoms with van der Waals surface area (Å²) in [5.74, 6) is 0.304. The maximum absolute atomic E-state index is 12.2. The van der Waals surface area contributed by atoms with Crippen molar-refractivity contribution in [2.24, 2.45) is 0 Å². The molecule has 1 aliphatic rings. The van der Waals surface area contributed by atoms with Crippen LogP contribution in [0.4, 0.5) is 5.69 Å². The van der Waals surface area contributed by atoms with E-state index in [0.717, 1.165) is 38.0 Å². The summed E-state index contributed by atoms with van der Waals surface area (Å²) in [5.41, 5.74) is 7.62. The van der Waals surface area contributed by atoms with E-state index in [1.165, 1.54) is 24.8 Å². The summed E-state index contributed by atoms with van der Waals surface area (Å²) in [5, 5.41) is 0. The van der Waals surface area contributed by atoms with Gasteiger partial charge in [0.05, 0.1) is 0 Å². The van der Waals surface area contributed by atoms with Crippen LogP contribution in [0.2, 0.25) is 0 Å². The van der Waals surface area contributed by atoms with Crippen molar-refractivity contribution in [3.05, 3.63) is 29.8 Å². The van der Waals surface area contributed by atoms with Crippen LogP contribution in [-0.4, -0.2) is 23.9 Å². The molecule has 1 aromatic carbocycles. The molecule has 0 unspecified atom stereocenters. The third-order valence-corrected chi connectivity index (χ3v) is 3.82. The molecule has 1 saturated heterocycles. The van der Waals surface area contributed by atoms with Gasteiger partial charge in [-0.2, -0.15) is 0 Å². The topological polar surface area (TPSA) is 46.3 Å². The van der Waals surface area contributed by atoms with Gasteiger partial charge in [-0.3, -0.25) is 4.79 Å². The van der Waals surface area contributed by atoms with Crippen LogP contribution >= 0.6 is 0 Å². The molecule has 0 atom stereocenters. The number of nitrogens with zero attached hydrogens (tertiary/aromatic N) is 1. The predicted octanol–water partition coefficient (Wildman–Crippen LogP) is 2.99. The van der Waals surface area contributed by atoms with Crippen LogP contribution in [0.5, 0.6) is 0 Å². The molecular formula is C16H24N2O. The first-order valence-electron chi connectivity index (χ1n) is 7.38. The average molecular weight is 260 g/mol. The van der Waals surface area contributed by atoms with Crippen molar-refractivity contribution in [2.45, 2.75) is 44.9 Å². The van der Waals surface area contributed by atoms with E-state index in [1.807, 2.05) is 24.3 Å². The number of benzene rings is 1. The van der Waals surface area contributed by atoms with E-state index in [9.17, 15) is 4.79 Å². The summed E-state index contributed by atoms with van der Waals surface area (Å²) in [4.78, 5) is 14.3. The highest BCUT2D eigenvalue weighted by atomic mass is 16.2. The normalized spacial score (nSPS) is 16.7. The molecule has 2 N–H and O–H groups in total. The largest absolute Gasteiger partial charge is 0.399 e. The monoisotopic (exact) mass is 260 g/mol. The Labute approximate surface area is 115 Å². The van der Waals surface area contributed by atoms with Crippen LogP contribution in [0.15, 0.2) is 24.3 Å². The first-order chi connectivity index (χ1) is 9.25. The van der Waals surface area contributed by atoms with Gasteiger partial charge in [0.15, 0.2) is 0 Å². The standard InChI is InChI=1S/C16H24N2O/c17-15-9-6-14(7-10-15)8-11-16(19)18-12-4-2-1-3-5-13-18/h6-7,9-10H,1-5,8,11-13,17H2. The average Bonchev–Trinajstić information content (AvgIpc) is 2.37. The second kappa shape index (κ2) is 7.17. The second-order valence-corrected chi connectivity index (χ2v) is 5.39. The van der Waals surface area contributed by atoms with Crippen LogP contribution in [0, 0.1) is 0 Å². The molecule has 19 heavy (non-hydrogen) atoms. The Morgan fingerprint density at radius 1 is 1.00 bits per heavy atom. The van der Waals surface area contributed by atoms with Gasteiger partial charge >= 0.3 is 0 Å². The first kappa shape index (κ1) is 13.9. The Kier molecular flexibility index (Phi) is 5.25. The highest BCUT2D eigenvalue weighted by Gasteiger charge is 2.14. The van der Waals surface area contributed by atoms with Crippen molar-refractivity contribution < 1.29 is 4.79 Å². The molecular weight excluding hydrogens is 236 g/mol. The minimum atomic E-state index is 0.304. The molecule has 1 amide bonds. The minimum Gasteiger partial charge on any atom is -0.399 e. The van der Waals surface area contributed by atoms with Gasteiger partial charge < -0.3 is 10.6 Å². The lowest BCUT2D eigenvalue weighted by atomic mass is 10.1. The van der Waals surface area contributed by atoms with Crippen molar-refractivity contribution in [1.29, 1.82) is 0 Å². The van der Waals surface area contributed by atoms with E-state index in [0.29, 0.717) is 12.3 Å². The molecule has 1 aromatic rings. The van der Waals surface area contributed by atoms with Gasteiger partial charge in [-0.1, -0.05) is 31.4 Å². The van der Waals surface area contributed by atoms with E-state index >= 15 is 0 Å². The summed E-state index contributed by atoms with van der Waals surface area (Å²) in [6.07, 6.45) is 7.61. The lowest BCUT2D eigenvalue weighted by Crippen LogP contribution is -2.33. The number of anilines is 1. The molecule has 0 radical (unpaired) electrons. The van der Waals surface area contributed by atoms with Gasteiger partial charge in [0, 0.05) is 25.2 Å². The number of likely N-dealkylation sites (tertiary alicyclic amines) is 1. The summed E-state index contributed by atoms with van der Waals surface area (Å²) < 4.78 is 0. The molecule has 0 aromatic heterocycles. The highest BCUT2D eigenvalue weighted by Crippen LogP contribution is 2.13. The fraction of sp³-hybridized carbons (Fsp3) is 0.562. The molecule has 0 spiro atoms. The van der Waals surface area contributed by atoms with Crippen molar-refractivity contribution in [1.82, 2.24) is 4.90 Å². The van der Waals surface area contributed by atoms with Crippen LogP contribution in [0.1, 0.15) is 44.1 Å². The van der Waals surface area contributed by atoms with Gasteiger partial charge in [0.2, 0.25) is 5.91 Å². The van der Waals surface area contributed by atoms with E-state index in [-0.39, 0.29) is 0 Å². The SMILES string of the molecule is Nc1ccc(CCC(=O)N2CCCCCCC2)cc1. The minimum absolute atomic E-state index is 0.304. The zero-order valence-electron chi connectivity index (χ0n) is 11.6. The highest BCUT2D eigenvalue weighted by molar-refractivity contribution is 5.76. The van der Waals surface area contributed by atoms with E-state index < -0.39 is 0 Å². The molecule has 1 heterocycles. The van der Waals surface area contributed by atoms with Crippen molar-refractivity contribution >= 4 is 11.6 Å². The lowest BCUT2D eigenvalue weighted by molar-refractivity contribution is -0.131. The van der Waals surface area contributed by atoms with E-state index in [1.54, 1.807) is 0 Å². The summed E-state index contributed by atoms with van der Waals surface area (Å²) in [6.45, 7) is 1.89. The van der Waals surface area contributed by atoms with Crippen LogP contribution in [0.25, 0.3) is 0 Å². The van der Waals surface area contributed by atoms with Crippen molar-refractivity contribution in [3.8, 4) is 0 Å². The third kappa shape index (κ3) is 4.58. The molecule has 0 saturated carbocycles. The number of carbonyl (C=O) groups is 1. The smallest absolute Gasteiger partial charge is 0.222 e. The number of nitrogens with two attached hydrogens (primary N) is 1. The Bertz CT molecular complexity index is 392. The van der Waals surface area contributed by atoms with Gasteiger partial charge in [-0.25, -0.2) is 0 Å². The zero-order chi connectivity index (χ0) is 13.5. The van der Waals surface area contributed by atoms with Crippen molar-refractivity contribution in [3.63, 3.8) is 0 Å². The number of rotatable bonds is 3. The van der Waals surface area contributed by atoms with E-state index in [4.69, 9.17) is 5.73 Å². The van der Waals surface area contributed by atoms with Crippen molar-refractivity contribution in [2.75, 3.05) is 18.8 Å². The van der Waals surface area contributed by atoms with Gasteiger partial charge in [-0.05, 0) is 37.0 Å². The van der Waals surface area contributed by atoms with Crippen LogP contribution in [0.3, 0.4) is 0 Å². The number of hydrogen-bond acceptors (Lipinski definition) is 2. The number of nitrogen functional groups attached to an aromatic ring is 1. The number of carbonyl (C=O) groups excluding carboxylic acids is 1. The first-order valence-corrected chi connectivity index (χ1v) is 7.38. The zero-order valence-corrected chi connectivity index (χ0v) is 11.6. The Morgan fingerprint density at radius 3 is 2.21 bits per heavy atom. The molecule has 2 rings (SSSR count). The molecule has 0 aliphatic carbocycles. The number of aryl methyl sites for hydroxylation is 1. The van der Waals surface area contributed by atoms with Crippen LogP contribution < -0.4 is 5.73 Å². The summed E-state index contributed by atoms with van der Waals surface area (Å²) in [7, 11) is 0. The molecule has 104 valence electrons. The maximum atomic E-state index is 12.2. The maximum Gasteiger partial charge on any atom is 0.222 e. The molecule has 1 fully saturated rings. The number of amides is 1. The summed E-state index contributed by atoms with van der Waals surface area (Å²) in [6, 6.07) is 7.82. The fourth-order valence-corrected chi connectivity index (χ4v) is 2.59. The Hall–Kier alpha value is -1.51. The Balaban J connectivity index is 1.80. The van der Waals surface area contributed by atoms with Gasteiger partial charge in [-0.15, -0.1) is 0 Å². The molecule has 1 aliphatic heterocycles. The quantitative estimate of drug-likeness (QED) is 0.849. The number of hydrogen-bond donors (Lipinski definition) is 1. The van der Waals surface area contributed by atoms with Crippen LogP contribution in [-0.2, 0) is 11.2 Å². The molecule has 3 heteroatoms.